The first-order valence-electron chi connectivity index (χ1n) is 9.83. The van der Waals surface area contributed by atoms with Crippen LogP contribution in [0.3, 0.4) is 0 Å². The molecule has 33 heavy (non-hydrogen) atoms. The number of primary amides is 1. The lowest BCUT2D eigenvalue weighted by molar-refractivity contribution is 0.209. The molecule has 0 aliphatic rings. The van der Waals surface area contributed by atoms with Gasteiger partial charge < -0.3 is 15.0 Å². The van der Waals surface area contributed by atoms with Gasteiger partial charge in [0.05, 0.1) is 27.7 Å². The van der Waals surface area contributed by atoms with Gasteiger partial charge in [-0.1, -0.05) is 23.4 Å². The molecule has 0 unspecified atom stereocenters. The molecule has 3 heterocycles. The number of carbonyl (C=O) groups is 1. The van der Waals surface area contributed by atoms with Gasteiger partial charge in [-0.3, -0.25) is 4.98 Å². The summed E-state index contributed by atoms with van der Waals surface area (Å²) in [6.45, 7) is 3.24. The highest BCUT2D eigenvalue weighted by atomic mass is 32.2. The van der Waals surface area contributed by atoms with Crippen molar-refractivity contribution in [3.05, 3.63) is 60.9 Å². The van der Waals surface area contributed by atoms with Gasteiger partial charge in [0, 0.05) is 17.8 Å². The van der Waals surface area contributed by atoms with Crippen molar-refractivity contribution in [3.63, 3.8) is 0 Å². The van der Waals surface area contributed by atoms with Crippen LogP contribution >= 0.6 is 0 Å². The SMILES string of the molecule is CC(C)S(=O)(=O)c1ccc(-c2cnc(OC(N)=O)c(-c3cc(-c4ccccn4)no3)n2)cc1. The number of nitrogens with zero attached hydrogens (tertiary/aromatic N) is 4. The first-order chi connectivity index (χ1) is 15.8. The molecule has 2 N–H and O–H groups in total. The van der Waals surface area contributed by atoms with Crippen molar-refractivity contribution in [3.8, 4) is 40.0 Å². The van der Waals surface area contributed by atoms with Gasteiger partial charge in [-0.15, -0.1) is 0 Å². The Hall–Kier alpha value is -4.12. The molecule has 0 bridgehead atoms. The van der Waals surface area contributed by atoms with Crippen molar-refractivity contribution < 1.29 is 22.5 Å². The monoisotopic (exact) mass is 465 g/mol. The molecular weight excluding hydrogens is 446 g/mol. The number of hydrogen-bond acceptors (Lipinski definition) is 9. The van der Waals surface area contributed by atoms with E-state index in [1.54, 1.807) is 50.4 Å². The first-order valence-corrected chi connectivity index (χ1v) is 11.4. The first kappa shape index (κ1) is 22.1. The molecule has 0 saturated carbocycles. The van der Waals surface area contributed by atoms with E-state index in [4.69, 9.17) is 15.0 Å². The summed E-state index contributed by atoms with van der Waals surface area (Å²) < 4.78 is 35.1. The maximum absolute atomic E-state index is 12.4. The second-order valence-electron chi connectivity index (χ2n) is 7.24. The topological polar surface area (TPSA) is 151 Å². The lowest BCUT2D eigenvalue weighted by Gasteiger charge is -2.09. The van der Waals surface area contributed by atoms with E-state index in [0.717, 1.165) is 0 Å². The lowest BCUT2D eigenvalue weighted by Crippen LogP contribution is -2.17. The van der Waals surface area contributed by atoms with Crippen molar-refractivity contribution in [1.82, 2.24) is 20.1 Å². The van der Waals surface area contributed by atoms with Gasteiger partial charge in [-0.2, -0.15) is 0 Å². The second kappa shape index (κ2) is 8.79. The third kappa shape index (κ3) is 4.58. The van der Waals surface area contributed by atoms with Crippen LogP contribution < -0.4 is 10.5 Å². The largest absolute Gasteiger partial charge is 0.411 e. The summed E-state index contributed by atoms with van der Waals surface area (Å²) in [5.41, 5.74) is 7.28. The van der Waals surface area contributed by atoms with Gasteiger partial charge in [0.15, 0.2) is 21.3 Å². The van der Waals surface area contributed by atoms with Crippen LogP contribution in [-0.4, -0.2) is 39.9 Å². The third-order valence-electron chi connectivity index (χ3n) is 4.71. The van der Waals surface area contributed by atoms with Crippen molar-refractivity contribution in [2.45, 2.75) is 24.0 Å². The van der Waals surface area contributed by atoms with Crippen LogP contribution in [0.2, 0.25) is 0 Å². The van der Waals surface area contributed by atoms with Crippen LogP contribution in [-0.2, 0) is 9.84 Å². The maximum atomic E-state index is 12.4. The fourth-order valence-corrected chi connectivity index (χ4v) is 4.02. The highest BCUT2D eigenvalue weighted by Gasteiger charge is 2.21. The number of amides is 1. The minimum atomic E-state index is -3.41. The summed E-state index contributed by atoms with van der Waals surface area (Å²) in [4.78, 5) is 24.4. The van der Waals surface area contributed by atoms with Gasteiger partial charge in [-0.05, 0) is 38.1 Å². The molecule has 4 rings (SSSR count). The lowest BCUT2D eigenvalue weighted by atomic mass is 10.1. The van der Waals surface area contributed by atoms with E-state index in [2.05, 4.69) is 20.1 Å². The van der Waals surface area contributed by atoms with Crippen LogP contribution in [0.1, 0.15) is 13.8 Å². The number of carbonyl (C=O) groups excluding carboxylic acids is 1. The summed E-state index contributed by atoms with van der Waals surface area (Å²) >= 11 is 0. The van der Waals surface area contributed by atoms with E-state index in [0.29, 0.717) is 22.6 Å². The van der Waals surface area contributed by atoms with Gasteiger partial charge in [-0.25, -0.2) is 23.2 Å². The predicted molar refractivity (Wildman–Crippen MR) is 119 cm³/mol. The maximum Gasteiger partial charge on any atom is 0.411 e. The summed E-state index contributed by atoms with van der Waals surface area (Å²) in [5, 5.41) is 3.45. The highest BCUT2D eigenvalue weighted by molar-refractivity contribution is 7.92. The summed E-state index contributed by atoms with van der Waals surface area (Å²) in [7, 11) is -3.41. The van der Waals surface area contributed by atoms with Gasteiger partial charge in [0.2, 0.25) is 0 Å². The number of ether oxygens (including phenoxy) is 1. The number of sulfone groups is 1. The fourth-order valence-electron chi connectivity index (χ4n) is 2.96. The predicted octanol–water partition coefficient (Wildman–Crippen LogP) is 3.50. The van der Waals surface area contributed by atoms with E-state index in [9.17, 15) is 13.2 Å². The molecule has 4 aromatic rings. The zero-order valence-electron chi connectivity index (χ0n) is 17.7. The fraction of sp³-hybridized carbons (Fsp3) is 0.136. The van der Waals surface area contributed by atoms with E-state index < -0.39 is 21.2 Å². The van der Waals surface area contributed by atoms with Crippen LogP contribution in [0.5, 0.6) is 5.88 Å². The van der Waals surface area contributed by atoms with E-state index in [1.807, 2.05) is 6.07 Å². The van der Waals surface area contributed by atoms with Gasteiger partial charge in [0.25, 0.3) is 5.88 Å². The smallest absolute Gasteiger partial charge is 0.389 e. The summed E-state index contributed by atoms with van der Waals surface area (Å²) in [6.07, 6.45) is 1.93. The van der Waals surface area contributed by atoms with Crippen molar-refractivity contribution >= 4 is 15.9 Å². The number of benzene rings is 1. The Balaban J connectivity index is 1.75. The Kier molecular flexibility index (Phi) is 5.88. The second-order valence-corrected chi connectivity index (χ2v) is 9.74. The van der Waals surface area contributed by atoms with Crippen molar-refractivity contribution in [1.29, 1.82) is 0 Å². The molecule has 0 saturated heterocycles. The summed E-state index contributed by atoms with van der Waals surface area (Å²) in [6, 6.07) is 13.2. The number of pyridine rings is 1. The molecule has 0 aliphatic heterocycles. The minimum Gasteiger partial charge on any atom is -0.389 e. The molecule has 11 heteroatoms. The Bertz CT molecular complexity index is 1400. The molecule has 0 fully saturated rings. The van der Waals surface area contributed by atoms with Crippen molar-refractivity contribution in [2.24, 2.45) is 5.73 Å². The molecule has 168 valence electrons. The van der Waals surface area contributed by atoms with E-state index >= 15 is 0 Å². The molecule has 10 nitrogen and oxygen atoms in total. The molecule has 1 aromatic carbocycles. The van der Waals surface area contributed by atoms with Crippen LogP contribution in [0.25, 0.3) is 34.1 Å². The Morgan fingerprint density at radius 2 is 1.79 bits per heavy atom. The van der Waals surface area contributed by atoms with Crippen molar-refractivity contribution in [2.75, 3.05) is 0 Å². The molecule has 0 aliphatic carbocycles. The third-order valence-corrected chi connectivity index (χ3v) is 6.88. The van der Waals surface area contributed by atoms with Gasteiger partial charge in [0.1, 0.15) is 5.69 Å². The molecule has 3 aromatic heterocycles. The zero-order chi connectivity index (χ0) is 23.6. The van der Waals surface area contributed by atoms with E-state index in [1.165, 1.54) is 18.3 Å². The average molecular weight is 465 g/mol. The Morgan fingerprint density at radius 3 is 2.42 bits per heavy atom. The van der Waals surface area contributed by atoms with E-state index in [-0.39, 0.29) is 22.2 Å². The quantitative estimate of drug-likeness (QED) is 0.451. The average Bonchev–Trinajstić information content (AvgIpc) is 3.30. The zero-order valence-corrected chi connectivity index (χ0v) is 18.5. The molecule has 0 spiro atoms. The normalized spacial score (nSPS) is 11.5. The molecule has 0 radical (unpaired) electrons. The Labute approximate surface area is 189 Å². The summed E-state index contributed by atoms with van der Waals surface area (Å²) in [5.74, 6) is 0.0224. The van der Waals surface area contributed by atoms with Gasteiger partial charge >= 0.3 is 6.09 Å². The number of hydrogen-bond donors (Lipinski definition) is 1. The van der Waals surface area contributed by atoms with Crippen LogP contribution in [0.15, 0.2) is 70.3 Å². The number of rotatable bonds is 6. The number of nitrogens with two attached hydrogens (primary N) is 1. The molecule has 1 amide bonds. The van der Waals surface area contributed by atoms with Crippen LogP contribution in [0.4, 0.5) is 4.79 Å². The highest BCUT2D eigenvalue weighted by Crippen LogP contribution is 2.32. The molecular formula is C22H19N5O5S. The standard InChI is InChI=1S/C22H19N5O5S/c1-13(2)33(29,30)15-8-6-14(7-9-15)18-12-25-21(31-22(23)28)20(26-18)19-11-17(27-32-19)16-5-3-4-10-24-16/h3-13H,1-2H3,(H2,23,28). The number of aromatic nitrogens is 4. The van der Waals surface area contributed by atoms with Crippen LogP contribution in [0, 0.1) is 0 Å². The Morgan fingerprint density at radius 1 is 1.03 bits per heavy atom. The minimum absolute atomic E-state index is 0.0971. The molecule has 0 atom stereocenters.